The molecule has 182 valence electrons. The maximum absolute atomic E-state index is 3.21. The lowest BCUT2D eigenvalue weighted by atomic mass is 10.3. The number of quaternary nitrogens is 1. The van der Waals surface area contributed by atoms with E-state index in [-0.39, 0.29) is 0 Å². The van der Waals surface area contributed by atoms with E-state index in [0.29, 0.717) is 0 Å². The van der Waals surface area contributed by atoms with Gasteiger partial charge in [-0.2, -0.15) is 0 Å². The van der Waals surface area contributed by atoms with E-state index in [2.05, 4.69) is 96.6 Å². The summed E-state index contributed by atoms with van der Waals surface area (Å²) in [5.41, 5.74) is 3.61. The van der Waals surface area contributed by atoms with Gasteiger partial charge in [-0.25, -0.2) is 0 Å². The third-order valence-corrected chi connectivity index (χ3v) is 5.55. The Morgan fingerprint density at radius 2 is 1.44 bits per heavy atom. The van der Waals surface area contributed by atoms with Gasteiger partial charge in [-0.15, -0.1) is 0 Å². The molecule has 3 aromatic carbocycles. The van der Waals surface area contributed by atoms with E-state index in [4.69, 9.17) is 0 Å². The lowest BCUT2D eigenvalue weighted by molar-refractivity contribution is -0.672. The minimum atomic E-state index is 0.948. The van der Waals surface area contributed by atoms with Crippen LogP contribution in [-0.2, 0) is 7.05 Å². The molecule has 0 spiro atoms. The molecule has 3 heterocycles. The molecule has 0 amide bonds. The van der Waals surface area contributed by atoms with Crippen LogP contribution in [0.5, 0.6) is 0 Å². The van der Waals surface area contributed by atoms with E-state index < -0.39 is 0 Å². The van der Waals surface area contributed by atoms with Gasteiger partial charge < -0.3 is 23.5 Å². The Bertz CT molecular complexity index is 1290. The largest absolute Gasteiger partial charge is 0.361 e. The molecule has 0 saturated heterocycles. The van der Waals surface area contributed by atoms with Crippen LogP contribution in [0, 0.1) is 6.33 Å². The highest BCUT2D eigenvalue weighted by atomic mass is 15.3. The van der Waals surface area contributed by atoms with E-state index in [1.165, 1.54) is 11.4 Å². The number of aromatic nitrogens is 2. The molecular formula is C30H33N6+. The van der Waals surface area contributed by atoms with Crippen LogP contribution in [0.4, 0.5) is 11.4 Å². The van der Waals surface area contributed by atoms with Crippen LogP contribution in [0.1, 0.15) is 0 Å². The molecule has 1 atom stereocenters. The fourth-order valence-electron chi connectivity index (χ4n) is 3.68. The number of hydrogen-bond acceptors (Lipinski definition) is 2. The first kappa shape index (κ1) is 24.7. The van der Waals surface area contributed by atoms with E-state index in [1.807, 2.05) is 88.9 Å². The molecule has 6 heteroatoms. The SMILES string of the molecule is CN1C=CN(c2ccccc2)C1.C[N+]1=[C-][NH+](c2ccccc2)C=C1.Cn1[c-][n+](-c2ccccc2)cc1. The molecule has 0 saturated carbocycles. The summed E-state index contributed by atoms with van der Waals surface area (Å²) >= 11 is 0. The number of aryl methyl sites for hydroxylation is 1. The van der Waals surface area contributed by atoms with Gasteiger partial charge in [0.25, 0.3) is 6.34 Å². The van der Waals surface area contributed by atoms with Crippen molar-refractivity contribution in [3.63, 3.8) is 0 Å². The maximum atomic E-state index is 3.21. The predicted molar refractivity (Wildman–Crippen MR) is 144 cm³/mol. The summed E-state index contributed by atoms with van der Waals surface area (Å²) in [7, 11) is 6.01. The number of nitrogens with zero attached hydrogens (tertiary/aromatic N) is 5. The number of nitrogens with one attached hydrogen (secondary N) is 1. The summed E-state index contributed by atoms with van der Waals surface area (Å²) in [5, 5.41) is 0. The van der Waals surface area contributed by atoms with Crippen LogP contribution in [0.2, 0.25) is 0 Å². The lowest BCUT2D eigenvalue weighted by Gasteiger charge is -2.17. The van der Waals surface area contributed by atoms with Gasteiger partial charge in [0.15, 0.2) is 0 Å². The van der Waals surface area contributed by atoms with E-state index in [1.54, 1.807) is 0 Å². The molecule has 6 nitrogen and oxygen atoms in total. The van der Waals surface area contributed by atoms with Gasteiger partial charge in [0.1, 0.15) is 12.7 Å². The van der Waals surface area contributed by atoms with Crippen LogP contribution in [0.15, 0.2) is 128 Å². The minimum absolute atomic E-state index is 0.948. The number of anilines is 1. The van der Waals surface area contributed by atoms with Crippen molar-refractivity contribution >= 4 is 17.7 Å². The van der Waals surface area contributed by atoms with Gasteiger partial charge in [0, 0.05) is 37.5 Å². The summed E-state index contributed by atoms with van der Waals surface area (Å²) in [4.78, 5) is 5.51. The second-order valence-electron chi connectivity index (χ2n) is 8.53. The number of imidazole rings is 1. The van der Waals surface area contributed by atoms with Gasteiger partial charge in [-0.1, -0.05) is 66.7 Å². The molecule has 1 unspecified atom stereocenters. The highest BCUT2D eigenvalue weighted by Gasteiger charge is 2.09. The number of benzene rings is 3. The quantitative estimate of drug-likeness (QED) is 0.362. The van der Waals surface area contributed by atoms with Gasteiger partial charge in [-0.3, -0.25) is 4.90 Å². The van der Waals surface area contributed by atoms with Crippen molar-refractivity contribution in [2.45, 2.75) is 0 Å². The fraction of sp³-hybridized carbons (Fsp3) is 0.133. The predicted octanol–water partition coefficient (Wildman–Crippen LogP) is 3.20. The Hall–Kier alpha value is -4.42. The van der Waals surface area contributed by atoms with E-state index >= 15 is 0 Å². The summed E-state index contributed by atoms with van der Waals surface area (Å²) in [5.74, 6) is 0. The first-order valence-corrected chi connectivity index (χ1v) is 11.9. The van der Waals surface area contributed by atoms with Crippen molar-refractivity contribution < 1.29 is 14.0 Å². The van der Waals surface area contributed by atoms with Crippen LogP contribution in [-0.4, -0.2) is 41.1 Å². The number of rotatable bonds is 3. The fourth-order valence-corrected chi connectivity index (χ4v) is 3.68. The average Bonchev–Trinajstić information content (AvgIpc) is 3.68. The van der Waals surface area contributed by atoms with Crippen molar-refractivity contribution in [1.82, 2.24) is 9.47 Å². The average molecular weight is 478 g/mol. The first-order chi connectivity index (χ1) is 17.6. The second kappa shape index (κ2) is 12.3. The van der Waals surface area contributed by atoms with Crippen LogP contribution >= 0.6 is 0 Å². The van der Waals surface area contributed by atoms with E-state index in [9.17, 15) is 0 Å². The maximum Gasteiger partial charge on any atom is 0.282 e. The zero-order valence-corrected chi connectivity index (χ0v) is 21.1. The van der Waals surface area contributed by atoms with Gasteiger partial charge >= 0.3 is 0 Å². The van der Waals surface area contributed by atoms with Crippen molar-refractivity contribution in [1.29, 1.82) is 0 Å². The van der Waals surface area contributed by atoms with Gasteiger partial charge in [-0.05, 0) is 24.3 Å². The standard InChI is InChI=1S/C10H12N2.C10H11N2.C10H10N2/c3*1-11-7-8-12(9-11)10-5-3-2-4-6-10/h2-8H,9H2,1H3;2-8,12H,1H3;2-8H,1H3/q;+1;. The third kappa shape index (κ3) is 7.04. The van der Waals surface area contributed by atoms with Crippen molar-refractivity contribution in [3.05, 3.63) is 135 Å². The molecule has 2 aliphatic rings. The van der Waals surface area contributed by atoms with E-state index in [0.717, 1.165) is 17.3 Å². The molecule has 6 rings (SSSR count). The minimum Gasteiger partial charge on any atom is -0.361 e. The van der Waals surface area contributed by atoms with Gasteiger partial charge in [0.05, 0.1) is 31.8 Å². The monoisotopic (exact) mass is 477 g/mol. The normalized spacial score (nSPS) is 15.6. The second-order valence-corrected chi connectivity index (χ2v) is 8.53. The molecule has 0 radical (unpaired) electrons. The highest BCUT2D eigenvalue weighted by Crippen LogP contribution is 2.17. The topological polar surface area (TPSA) is 22.7 Å². The molecule has 0 aliphatic carbocycles. The Morgan fingerprint density at radius 1 is 0.806 bits per heavy atom. The van der Waals surface area contributed by atoms with Crippen LogP contribution < -0.4 is 14.4 Å². The number of para-hydroxylation sites is 3. The first-order valence-electron chi connectivity index (χ1n) is 11.9. The summed E-state index contributed by atoms with van der Waals surface area (Å²) in [6.07, 6.45) is 18.5. The Labute approximate surface area is 214 Å². The molecule has 36 heavy (non-hydrogen) atoms. The van der Waals surface area contributed by atoms with Gasteiger partial charge in [0.2, 0.25) is 6.33 Å². The molecule has 0 bridgehead atoms. The Balaban J connectivity index is 0.000000127. The van der Waals surface area contributed by atoms with Crippen LogP contribution in [0.3, 0.4) is 0 Å². The molecular weight excluding hydrogens is 444 g/mol. The smallest absolute Gasteiger partial charge is 0.282 e. The summed E-state index contributed by atoms with van der Waals surface area (Å²) < 4.78 is 5.79. The van der Waals surface area contributed by atoms with Crippen molar-refractivity contribution in [2.75, 3.05) is 25.7 Å². The molecule has 1 aromatic heterocycles. The van der Waals surface area contributed by atoms with Crippen molar-refractivity contribution in [3.8, 4) is 5.69 Å². The molecule has 4 aromatic rings. The molecule has 2 aliphatic heterocycles. The lowest BCUT2D eigenvalue weighted by Crippen LogP contribution is -3.00. The summed E-state index contributed by atoms with van der Waals surface area (Å²) in [6, 6.07) is 30.8. The number of hydrogen-bond donors (Lipinski definition) is 1. The van der Waals surface area contributed by atoms with Crippen LogP contribution in [0.25, 0.3) is 5.69 Å². The zero-order valence-electron chi connectivity index (χ0n) is 21.1. The molecule has 0 fully saturated rings. The molecule has 1 N–H and O–H groups in total. The highest BCUT2D eigenvalue weighted by molar-refractivity contribution is 5.49. The Morgan fingerprint density at radius 3 is 1.97 bits per heavy atom. The summed E-state index contributed by atoms with van der Waals surface area (Å²) in [6.45, 7) is 0.948. The third-order valence-electron chi connectivity index (χ3n) is 5.55. The Kier molecular flexibility index (Phi) is 8.46. The van der Waals surface area contributed by atoms with Crippen molar-refractivity contribution in [2.24, 2.45) is 7.05 Å². The zero-order chi connectivity index (χ0) is 25.2.